The van der Waals surface area contributed by atoms with Crippen LogP contribution in [0.4, 0.5) is 0 Å². The molecule has 0 aromatic carbocycles. The average molecular weight is 551 g/mol. The van der Waals surface area contributed by atoms with Crippen LogP contribution in [0.5, 0.6) is 0 Å². The van der Waals surface area contributed by atoms with E-state index in [0.29, 0.717) is 29.0 Å². The number of allylic oxidation sites excluding steroid dienone is 1. The van der Waals surface area contributed by atoms with Crippen molar-refractivity contribution in [1.29, 1.82) is 0 Å². The molecule has 0 bridgehead atoms. The normalized spacial score (nSPS) is 42.3. The van der Waals surface area contributed by atoms with Gasteiger partial charge in [-0.3, -0.25) is 0 Å². The van der Waals surface area contributed by atoms with Crippen LogP contribution < -0.4 is 0 Å². The molecule has 0 heterocycles. The number of fused-ring (bicyclic) bond motifs is 5. The quantitative estimate of drug-likeness (QED) is 0.234. The zero-order valence-electron chi connectivity index (χ0n) is 25.8. The molecule has 4 aliphatic carbocycles. The second-order valence-corrected chi connectivity index (χ2v) is 29.7. The first-order valence-corrected chi connectivity index (χ1v) is 25.3. The van der Waals surface area contributed by atoms with Crippen molar-refractivity contribution >= 4 is 25.0 Å². The van der Waals surface area contributed by atoms with Gasteiger partial charge in [-0.05, 0) is 139 Å². The lowest BCUT2D eigenvalue weighted by Crippen LogP contribution is -2.53. The van der Waals surface area contributed by atoms with Crippen molar-refractivity contribution in [1.82, 2.24) is 0 Å². The van der Waals surface area contributed by atoms with Gasteiger partial charge in [-0.2, -0.15) is 0 Å². The van der Waals surface area contributed by atoms with Crippen molar-refractivity contribution in [2.24, 2.45) is 34.5 Å². The monoisotopic (exact) mass is 550 g/mol. The fraction of sp³-hybridized carbons (Fsp3) is 0.933. The van der Waals surface area contributed by atoms with Crippen molar-refractivity contribution in [2.45, 2.75) is 143 Å². The van der Waals surface area contributed by atoms with Crippen molar-refractivity contribution in [2.75, 3.05) is 0 Å². The summed E-state index contributed by atoms with van der Waals surface area (Å²) in [6, 6.07) is 0. The molecule has 3 nitrogen and oxygen atoms in total. The Labute approximate surface area is 226 Å². The van der Waals surface area contributed by atoms with Gasteiger partial charge in [0.2, 0.25) is 0 Å². The molecule has 0 amide bonds. The maximum atomic E-state index is 7.02. The SMILES string of the molecule is C[C@H](O[Si](C)(C)C)[C@H]1[C@H](O[Si](C)(C)C)C[C@H]2[C@@H]3CC=C4C[C@@H](O[Si](C)(C)C)CC[C@]4(C)[C@H]3CC[C@]12C. The molecule has 3 saturated carbocycles. The average Bonchev–Trinajstić information content (AvgIpc) is 2.96. The highest BCUT2D eigenvalue weighted by atomic mass is 28.4. The van der Waals surface area contributed by atoms with Gasteiger partial charge in [0.1, 0.15) is 0 Å². The molecule has 0 N–H and O–H groups in total. The van der Waals surface area contributed by atoms with Gasteiger partial charge >= 0.3 is 0 Å². The van der Waals surface area contributed by atoms with Gasteiger partial charge in [-0.1, -0.05) is 25.5 Å². The molecule has 0 saturated heterocycles. The summed E-state index contributed by atoms with van der Waals surface area (Å²) in [7, 11) is -4.77. The van der Waals surface area contributed by atoms with Crippen molar-refractivity contribution < 1.29 is 13.3 Å². The lowest BCUT2D eigenvalue weighted by atomic mass is 9.47. The molecular formula is C30H58O3Si3. The maximum absolute atomic E-state index is 7.02. The molecule has 36 heavy (non-hydrogen) atoms. The summed E-state index contributed by atoms with van der Waals surface area (Å²) < 4.78 is 20.5. The molecule has 3 fully saturated rings. The predicted molar refractivity (Wildman–Crippen MR) is 161 cm³/mol. The Morgan fingerprint density at radius 2 is 1.47 bits per heavy atom. The van der Waals surface area contributed by atoms with Crippen molar-refractivity contribution in [3.05, 3.63) is 11.6 Å². The third-order valence-corrected chi connectivity index (χ3v) is 13.3. The van der Waals surface area contributed by atoms with E-state index in [1.54, 1.807) is 5.57 Å². The van der Waals surface area contributed by atoms with Crippen LogP contribution in [-0.2, 0) is 13.3 Å². The van der Waals surface area contributed by atoms with Crippen LogP contribution in [-0.4, -0.2) is 43.3 Å². The predicted octanol–water partition coefficient (Wildman–Crippen LogP) is 8.86. The minimum Gasteiger partial charge on any atom is -0.415 e. The summed E-state index contributed by atoms with van der Waals surface area (Å²) in [5.41, 5.74) is 2.43. The van der Waals surface area contributed by atoms with Crippen LogP contribution in [0.3, 0.4) is 0 Å². The lowest BCUT2D eigenvalue weighted by Gasteiger charge is -2.58. The highest BCUT2D eigenvalue weighted by molar-refractivity contribution is 6.70. The molecule has 4 rings (SSSR count). The molecule has 0 aromatic heterocycles. The largest absolute Gasteiger partial charge is 0.415 e. The van der Waals surface area contributed by atoms with Crippen LogP contribution in [0, 0.1) is 34.5 Å². The maximum Gasteiger partial charge on any atom is 0.184 e. The van der Waals surface area contributed by atoms with E-state index in [9.17, 15) is 0 Å². The molecule has 4 aliphatic rings. The Bertz CT molecular complexity index is 838. The first-order chi connectivity index (χ1) is 16.3. The Morgan fingerprint density at radius 3 is 2.06 bits per heavy atom. The summed E-state index contributed by atoms with van der Waals surface area (Å²) in [6.07, 6.45) is 12.7. The van der Waals surface area contributed by atoms with E-state index < -0.39 is 25.0 Å². The van der Waals surface area contributed by atoms with Gasteiger partial charge in [0.25, 0.3) is 0 Å². The van der Waals surface area contributed by atoms with Crippen LogP contribution in [0.15, 0.2) is 11.6 Å². The van der Waals surface area contributed by atoms with E-state index in [1.807, 2.05) is 0 Å². The standard InChI is InChI=1S/C30H58O3Si3/c1-21(31-34(4,5)6)28-27(33-36(10,11)12)20-26-24-14-13-22-19-23(32-35(7,8)9)15-17-29(22,2)25(24)16-18-30(26,28)3/h13,21,23-28H,14-20H2,1-12H3/t21-,23-,24+,25-,26-,27+,28-,29-,30-/m0/s1. The summed E-state index contributed by atoms with van der Waals surface area (Å²) in [4.78, 5) is 0. The Morgan fingerprint density at radius 1 is 0.833 bits per heavy atom. The van der Waals surface area contributed by atoms with Gasteiger partial charge in [0.15, 0.2) is 25.0 Å². The lowest BCUT2D eigenvalue weighted by molar-refractivity contribution is -0.0711. The highest BCUT2D eigenvalue weighted by Crippen LogP contribution is 2.67. The molecule has 9 atom stereocenters. The van der Waals surface area contributed by atoms with E-state index in [-0.39, 0.29) is 6.10 Å². The van der Waals surface area contributed by atoms with Crippen molar-refractivity contribution in [3.63, 3.8) is 0 Å². The van der Waals surface area contributed by atoms with Gasteiger partial charge in [0, 0.05) is 18.1 Å². The minimum absolute atomic E-state index is 0.281. The van der Waals surface area contributed by atoms with Crippen LogP contribution >= 0.6 is 0 Å². The second kappa shape index (κ2) is 9.72. The molecule has 0 aromatic rings. The van der Waals surface area contributed by atoms with Gasteiger partial charge in [-0.25, -0.2) is 0 Å². The fourth-order valence-electron chi connectivity index (χ4n) is 9.30. The molecule has 6 heteroatoms. The van der Waals surface area contributed by atoms with E-state index in [2.05, 4.69) is 85.8 Å². The fourth-order valence-corrected chi connectivity index (χ4v) is 12.9. The molecule has 0 radical (unpaired) electrons. The smallest absolute Gasteiger partial charge is 0.184 e. The minimum atomic E-state index is -1.65. The first-order valence-electron chi connectivity index (χ1n) is 15.1. The Hall–Kier alpha value is 0.271. The highest BCUT2D eigenvalue weighted by Gasteiger charge is 2.63. The zero-order chi connectivity index (χ0) is 26.9. The summed E-state index contributed by atoms with van der Waals surface area (Å²) >= 11 is 0. The van der Waals surface area contributed by atoms with Gasteiger partial charge < -0.3 is 13.3 Å². The summed E-state index contributed by atoms with van der Waals surface area (Å²) in [5.74, 6) is 2.88. The van der Waals surface area contributed by atoms with E-state index in [0.717, 1.165) is 17.8 Å². The third-order valence-electron chi connectivity index (χ3n) is 10.2. The molecule has 0 spiro atoms. The molecular weight excluding hydrogens is 493 g/mol. The van der Waals surface area contributed by atoms with Gasteiger partial charge in [0.05, 0.1) is 6.10 Å². The molecule has 0 unspecified atom stereocenters. The van der Waals surface area contributed by atoms with Crippen LogP contribution in [0.1, 0.15) is 65.7 Å². The van der Waals surface area contributed by atoms with E-state index >= 15 is 0 Å². The number of hydrogen-bond acceptors (Lipinski definition) is 3. The summed E-state index contributed by atoms with van der Waals surface area (Å²) in [5, 5.41) is 0. The Kier molecular flexibility index (Phi) is 7.90. The first kappa shape index (κ1) is 29.3. The number of rotatable bonds is 7. The van der Waals surface area contributed by atoms with E-state index in [4.69, 9.17) is 13.3 Å². The topological polar surface area (TPSA) is 27.7 Å². The van der Waals surface area contributed by atoms with Crippen LogP contribution in [0.2, 0.25) is 58.9 Å². The third kappa shape index (κ3) is 5.89. The second-order valence-electron chi connectivity index (χ2n) is 16.4. The molecule has 0 aliphatic heterocycles. The summed E-state index contributed by atoms with van der Waals surface area (Å²) in [6.45, 7) is 28.8. The Balaban J connectivity index is 1.61. The van der Waals surface area contributed by atoms with E-state index in [1.165, 1.54) is 44.9 Å². The van der Waals surface area contributed by atoms with Crippen molar-refractivity contribution in [3.8, 4) is 0 Å². The van der Waals surface area contributed by atoms with Gasteiger partial charge in [-0.15, -0.1) is 0 Å². The zero-order valence-corrected chi connectivity index (χ0v) is 28.8. The van der Waals surface area contributed by atoms with Crippen LogP contribution in [0.25, 0.3) is 0 Å². The molecule has 208 valence electrons. The number of hydrogen-bond donors (Lipinski definition) is 0.